The van der Waals surface area contributed by atoms with Crippen molar-refractivity contribution in [2.75, 3.05) is 33.5 Å². The second-order valence-electron chi connectivity index (χ2n) is 3.97. The molecule has 5 heteroatoms. The first-order chi connectivity index (χ1) is 7.76. The Balaban J connectivity index is 2.02. The molecule has 1 saturated carbocycles. The maximum Gasteiger partial charge on any atom is 0.407 e. The van der Waals surface area contributed by atoms with E-state index in [1.54, 1.807) is 7.11 Å². The summed E-state index contributed by atoms with van der Waals surface area (Å²) >= 11 is 0. The molecule has 1 fully saturated rings. The summed E-state index contributed by atoms with van der Waals surface area (Å²) in [5, 5.41) is 2.55. The van der Waals surface area contributed by atoms with Gasteiger partial charge in [0.15, 0.2) is 0 Å². The van der Waals surface area contributed by atoms with E-state index in [1.807, 2.05) is 6.92 Å². The van der Waals surface area contributed by atoms with E-state index < -0.39 is 6.09 Å². The minimum atomic E-state index is -0.410. The van der Waals surface area contributed by atoms with E-state index in [0.717, 1.165) is 12.5 Å². The highest BCUT2D eigenvalue weighted by Crippen LogP contribution is 2.28. The molecule has 0 heterocycles. The summed E-state index contributed by atoms with van der Waals surface area (Å²) in [6, 6.07) is 0. The Morgan fingerprint density at radius 2 is 2.19 bits per heavy atom. The molecule has 0 aromatic heterocycles. The zero-order valence-corrected chi connectivity index (χ0v) is 10.0. The summed E-state index contributed by atoms with van der Waals surface area (Å²) < 4.78 is 15.6. The topological polar surface area (TPSA) is 56.8 Å². The zero-order valence-electron chi connectivity index (χ0n) is 10.0. The average molecular weight is 231 g/mol. The van der Waals surface area contributed by atoms with Crippen molar-refractivity contribution in [2.24, 2.45) is 5.92 Å². The van der Waals surface area contributed by atoms with Crippen LogP contribution in [0.15, 0.2) is 0 Å². The fraction of sp³-hybridized carbons (Fsp3) is 0.909. The van der Waals surface area contributed by atoms with Crippen LogP contribution in [0.5, 0.6) is 0 Å². The molecule has 0 aromatic rings. The van der Waals surface area contributed by atoms with Crippen molar-refractivity contribution >= 4 is 6.09 Å². The van der Waals surface area contributed by atoms with Gasteiger partial charge in [-0.15, -0.1) is 0 Å². The second kappa shape index (κ2) is 7.46. The molecule has 0 aliphatic heterocycles. The van der Waals surface area contributed by atoms with Crippen molar-refractivity contribution in [3.63, 3.8) is 0 Å². The van der Waals surface area contributed by atoms with Crippen molar-refractivity contribution in [2.45, 2.75) is 25.9 Å². The summed E-state index contributed by atoms with van der Waals surface area (Å²) in [6.07, 6.45) is 1.95. The van der Waals surface area contributed by atoms with Crippen molar-refractivity contribution in [3.8, 4) is 0 Å². The van der Waals surface area contributed by atoms with Gasteiger partial charge in [-0.2, -0.15) is 0 Å². The van der Waals surface area contributed by atoms with Crippen LogP contribution in [0, 0.1) is 5.92 Å². The van der Waals surface area contributed by atoms with Gasteiger partial charge in [0, 0.05) is 20.3 Å². The Bertz CT molecular complexity index is 206. The third-order valence-electron chi connectivity index (χ3n) is 2.41. The number of carbonyl (C=O) groups excluding carboxylic acids is 1. The van der Waals surface area contributed by atoms with Gasteiger partial charge in [-0.3, -0.25) is 0 Å². The van der Waals surface area contributed by atoms with Crippen LogP contribution in [0.3, 0.4) is 0 Å². The lowest BCUT2D eigenvalue weighted by molar-refractivity contribution is -0.0262. The van der Waals surface area contributed by atoms with Gasteiger partial charge in [-0.1, -0.05) is 0 Å². The zero-order chi connectivity index (χ0) is 11.8. The van der Waals surface area contributed by atoms with E-state index in [0.29, 0.717) is 13.2 Å². The number of rotatable bonds is 8. The first-order valence-electron chi connectivity index (χ1n) is 5.77. The number of carbonyl (C=O) groups is 1. The van der Waals surface area contributed by atoms with Gasteiger partial charge in [0.2, 0.25) is 0 Å². The van der Waals surface area contributed by atoms with Gasteiger partial charge in [-0.25, -0.2) is 4.79 Å². The molecule has 1 aliphatic rings. The third kappa shape index (κ3) is 5.92. The molecule has 94 valence electrons. The molecule has 1 unspecified atom stereocenters. The Morgan fingerprint density at radius 1 is 1.44 bits per heavy atom. The molecule has 1 atom stereocenters. The highest BCUT2D eigenvalue weighted by molar-refractivity contribution is 5.66. The normalized spacial score (nSPS) is 16.9. The highest BCUT2D eigenvalue weighted by atomic mass is 16.6. The van der Waals surface area contributed by atoms with E-state index in [-0.39, 0.29) is 12.7 Å². The van der Waals surface area contributed by atoms with Gasteiger partial charge < -0.3 is 19.5 Å². The Morgan fingerprint density at radius 3 is 2.75 bits per heavy atom. The molecule has 16 heavy (non-hydrogen) atoms. The Hall–Kier alpha value is -0.810. The number of hydrogen-bond acceptors (Lipinski definition) is 4. The molecule has 0 spiro atoms. The van der Waals surface area contributed by atoms with Gasteiger partial charge in [-0.05, 0) is 25.7 Å². The number of methoxy groups -OCH3 is 1. The van der Waals surface area contributed by atoms with Crippen LogP contribution in [-0.2, 0) is 14.2 Å². The Labute approximate surface area is 96.4 Å². The van der Waals surface area contributed by atoms with Crippen LogP contribution in [0.25, 0.3) is 0 Å². The number of amides is 1. The van der Waals surface area contributed by atoms with Gasteiger partial charge in [0.05, 0.1) is 6.61 Å². The SMILES string of the molecule is CCNC(=O)OCC(COCC1CC1)OC. The lowest BCUT2D eigenvalue weighted by Crippen LogP contribution is -2.31. The van der Waals surface area contributed by atoms with Gasteiger partial charge in [0.25, 0.3) is 0 Å². The molecule has 1 aliphatic carbocycles. The lowest BCUT2D eigenvalue weighted by atomic mass is 10.4. The summed E-state index contributed by atoms with van der Waals surface area (Å²) in [5.74, 6) is 0.738. The molecule has 1 amide bonds. The average Bonchev–Trinajstić information content (AvgIpc) is 3.07. The third-order valence-corrected chi connectivity index (χ3v) is 2.41. The summed E-state index contributed by atoms with van der Waals surface area (Å²) in [6.45, 7) is 3.91. The number of ether oxygens (including phenoxy) is 3. The fourth-order valence-corrected chi connectivity index (χ4v) is 1.20. The molecule has 0 saturated heterocycles. The molecule has 1 N–H and O–H groups in total. The van der Waals surface area contributed by atoms with E-state index >= 15 is 0 Å². The lowest BCUT2D eigenvalue weighted by Gasteiger charge is -2.15. The van der Waals surface area contributed by atoms with Crippen molar-refractivity contribution < 1.29 is 19.0 Å². The van der Waals surface area contributed by atoms with Crippen LogP contribution < -0.4 is 5.32 Å². The quantitative estimate of drug-likeness (QED) is 0.681. The standard InChI is InChI=1S/C11H21NO4/c1-3-12-11(13)16-8-10(14-2)7-15-6-9-4-5-9/h9-10H,3-8H2,1-2H3,(H,12,13). The van der Waals surface area contributed by atoms with Crippen molar-refractivity contribution in [1.29, 1.82) is 0 Å². The molecular formula is C11H21NO4. The first-order valence-corrected chi connectivity index (χ1v) is 5.77. The molecule has 0 bridgehead atoms. The predicted octanol–water partition coefficient (Wildman–Crippen LogP) is 1.17. The molecule has 0 aromatic carbocycles. The van der Waals surface area contributed by atoms with Gasteiger partial charge in [0.1, 0.15) is 12.7 Å². The fourth-order valence-electron chi connectivity index (χ4n) is 1.20. The second-order valence-corrected chi connectivity index (χ2v) is 3.97. The van der Waals surface area contributed by atoms with E-state index in [1.165, 1.54) is 12.8 Å². The van der Waals surface area contributed by atoms with E-state index in [4.69, 9.17) is 14.2 Å². The Kier molecular flexibility index (Phi) is 6.18. The summed E-state index contributed by atoms with van der Waals surface area (Å²) in [4.78, 5) is 11.0. The van der Waals surface area contributed by atoms with Crippen LogP contribution in [0.4, 0.5) is 4.79 Å². The maximum atomic E-state index is 11.0. The predicted molar refractivity (Wildman–Crippen MR) is 59.4 cm³/mol. The largest absolute Gasteiger partial charge is 0.447 e. The van der Waals surface area contributed by atoms with E-state index in [9.17, 15) is 4.79 Å². The van der Waals surface area contributed by atoms with Crippen molar-refractivity contribution in [3.05, 3.63) is 0 Å². The van der Waals surface area contributed by atoms with Crippen LogP contribution in [-0.4, -0.2) is 45.7 Å². The highest BCUT2D eigenvalue weighted by Gasteiger charge is 2.22. The van der Waals surface area contributed by atoms with Crippen LogP contribution >= 0.6 is 0 Å². The van der Waals surface area contributed by atoms with E-state index in [2.05, 4.69) is 5.32 Å². The minimum Gasteiger partial charge on any atom is -0.447 e. The molecule has 0 radical (unpaired) electrons. The smallest absolute Gasteiger partial charge is 0.407 e. The summed E-state index contributed by atoms with van der Waals surface area (Å²) in [7, 11) is 1.59. The molecule has 5 nitrogen and oxygen atoms in total. The van der Waals surface area contributed by atoms with Gasteiger partial charge >= 0.3 is 6.09 Å². The molecular weight excluding hydrogens is 210 g/mol. The molecule has 1 rings (SSSR count). The first kappa shape index (κ1) is 13.3. The number of alkyl carbamates (subject to hydrolysis) is 1. The summed E-state index contributed by atoms with van der Waals surface area (Å²) in [5.41, 5.74) is 0. The number of hydrogen-bond donors (Lipinski definition) is 1. The van der Waals surface area contributed by atoms with Crippen molar-refractivity contribution in [1.82, 2.24) is 5.32 Å². The van der Waals surface area contributed by atoms with Crippen LogP contribution in [0.2, 0.25) is 0 Å². The number of nitrogens with one attached hydrogen (secondary N) is 1. The maximum absolute atomic E-state index is 11.0. The monoisotopic (exact) mass is 231 g/mol. The van der Waals surface area contributed by atoms with Crippen LogP contribution in [0.1, 0.15) is 19.8 Å². The minimum absolute atomic E-state index is 0.179.